The van der Waals surface area contributed by atoms with Crippen molar-refractivity contribution in [1.29, 1.82) is 0 Å². The lowest BCUT2D eigenvalue weighted by Crippen LogP contribution is -2.32. The number of aromatic nitrogens is 2. The topological polar surface area (TPSA) is 66.9 Å². The van der Waals surface area contributed by atoms with E-state index < -0.39 is 0 Å². The lowest BCUT2D eigenvalue weighted by Gasteiger charge is -2.12. The van der Waals surface area contributed by atoms with E-state index in [1.165, 1.54) is 0 Å². The highest BCUT2D eigenvalue weighted by Crippen LogP contribution is 2.11. The highest BCUT2D eigenvalue weighted by atomic mass is 35.5. The molecule has 128 valence electrons. The van der Waals surface area contributed by atoms with Crippen molar-refractivity contribution in [3.63, 3.8) is 0 Å². The van der Waals surface area contributed by atoms with E-state index in [1.54, 1.807) is 6.07 Å². The molecule has 6 heteroatoms. The lowest BCUT2D eigenvalue weighted by atomic mass is 10.1. The molecule has 0 aliphatic heterocycles. The summed E-state index contributed by atoms with van der Waals surface area (Å²) in [5, 5.41) is 6.81. The van der Waals surface area contributed by atoms with E-state index in [0.29, 0.717) is 18.2 Å². The second-order valence-electron chi connectivity index (χ2n) is 5.81. The molecule has 0 aliphatic rings. The van der Waals surface area contributed by atoms with Crippen molar-refractivity contribution in [2.75, 3.05) is 11.9 Å². The summed E-state index contributed by atoms with van der Waals surface area (Å²) in [5.74, 6) is 0.291. The number of carbonyl (C=O) groups excluding carboxylic acids is 1. The van der Waals surface area contributed by atoms with Crippen LogP contribution in [-0.4, -0.2) is 28.5 Å². The van der Waals surface area contributed by atoms with Gasteiger partial charge < -0.3 is 10.6 Å². The first-order valence-corrected chi connectivity index (χ1v) is 8.50. The molecular weight excluding hydrogens is 324 g/mol. The van der Waals surface area contributed by atoms with Crippen LogP contribution in [0.15, 0.2) is 30.3 Å². The number of aryl methyl sites for hydroxylation is 1. The van der Waals surface area contributed by atoms with Gasteiger partial charge in [0.05, 0.1) is 0 Å². The van der Waals surface area contributed by atoms with Crippen LogP contribution in [0.1, 0.15) is 42.0 Å². The number of carbonyl (C=O) groups is 1. The van der Waals surface area contributed by atoms with Gasteiger partial charge in [0.25, 0.3) is 5.91 Å². The number of benzene rings is 1. The summed E-state index contributed by atoms with van der Waals surface area (Å²) in [6, 6.07) is 9.55. The van der Waals surface area contributed by atoms with Gasteiger partial charge in [0.15, 0.2) is 0 Å². The van der Waals surface area contributed by atoms with Crippen LogP contribution in [0, 0.1) is 6.92 Å². The molecule has 0 bridgehead atoms. The van der Waals surface area contributed by atoms with Gasteiger partial charge in [-0.15, -0.1) is 0 Å². The summed E-state index contributed by atoms with van der Waals surface area (Å²) in [6.45, 7) is 6.51. The normalized spacial score (nSPS) is 11.8. The molecule has 0 radical (unpaired) electrons. The Bertz CT molecular complexity index is 705. The smallest absolute Gasteiger partial charge is 0.270 e. The van der Waals surface area contributed by atoms with Crippen LogP contribution in [-0.2, 0) is 6.42 Å². The molecule has 2 N–H and O–H groups in total. The molecule has 1 aromatic heterocycles. The SMILES string of the molecule is CCC(C)NC(=O)c1cc(C)nc(NCCc2cccc(Cl)c2)n1. The van der Waals surface area contributed by atoms with Gasteiger partial charge in [-0.3, -0.25) is 4.79 Å². The minimum atomic E-state index is -0.173. The zero-order chi connectivity index (χ0) is 17.5. The number of amides is 1. The van der Waals surface area contributed by atoms with Gasteiger partial charge in [0.1, 0.15) is 5.69 Å². The Kier molecular flexibility index (Phi) is 6.55. The molecule has 1 atom stereocenters. The third kappa shape index (κ3) is 5.49. The van der Waals surface area contributed by atoms with Gasteiger partial charge in [0.2, 0.25) is 5.95 Å². The van der Waals surface area contributed by atoms with Gasteiger partial charge in [0, 0.05) is 23.3 Å². The fourth-order valence-corrected chi connectivity index (χ4v) is 2.39. The summed E-state index contributed by atoms with van der Waals surface area (Å²) in [6.07, 6.45) is 1.67. The summed E-state index contributed by atoms with van der Waals surface area (Å²) in [5.41, 5.74) is 2.27. The third-order valence-electron chi connectivity index (χ3n) is 3.66. The van der Waals surface area contributed by atoms with E-state index in [1.807, 2.05) is 45.0 Å². The molecule has 0 fully saturated rings. The average Bonchev–Trinajstić information content (AvgIpc) is 2.54. The minimum absolute atomic E-state index is 0.118. The lowest BCUT2D eigenvalue weighted by molar-refractivity contribution is 0.0934. The number of hydrogen-bond acceptors (Lipinski definition) is 4. The Morgan fingerprint density at radius 2 is 2.08 bits per heavy atom. The van der Waals surface area contributed by atoms with E-state index in [2.05, 4.69) is 20.6 Å². The summed E-state index contributed by atoms with van der Waals surface area (Å²) in [7, 11) is 0. The molecule has 1 aromatic carbocycles. The first-order chi connectivity index (χ1) is 11.5. The predicted molar refractivity (Wildman–Crippen MR) is 97.6 cm³/mol. The first kappa shape index (κ1) is 18.2. The Morgan fingerprint density at radius 1 is 1.29 bits per heavy atom. The van der Waals surface area contributed by atoms with Crippen molar-refractivity contribution in [3.05, 3.63) is 52.3 Å². The van der Waals surface area contributed by atoms with Crippen LogP contribution < -0.4 is 10.6 Å². The number of rotatable bonds is 7. The molecule has 0 saturated heterocycles. The van der Waals surface area contributed by atoms with Crippen LogP contribution >= 0.6 is 11.6 Å². The van der Waals surface area contributed by atoms with E-state index in [9.17, 15) is 4.79 Å². The quantitative estimate of drug-likeness (QED) is 0.803. The molecule has 1 unspecified atom stereocenters. The Hall–Kier alpha value is -2.14. The van der Waals surface area contributed by atoms with Gasteiger partial charge in [-0.2, -0.15) is 0 Å². The van der Waals surface area contributed by atoms with Crippen LogP contribution in [0.4, 0.5) is 5.95 Å². The zero-order valence-corrected chi connectivity index (χ0v) is 15.0. The minimum Gasteiger partial charge on any atom is -0.354 e. The van der Waals surface area contributed by atoms with E-state index in [-0.39, 0.29) is 11.9 Å². The van der Waals surface area contributed by atoms with Crippen LogP contribution in [0.3, 0.4) is 0 Å². The van der Waals surface area contributed by atoms with E-state index in [4.69, 9.17) is 11.6 Å². The van der Waals surface area contributed by atoms with Crippen molar-refractivity contribution < 1.29 is 4.79 Å². The standard InChI is InChI=1S/C18H23ClN4O/c1-4-12(2)21-17(24)16-10-13(3)22-18(23-16)20-9-8-14-6-5-7-15(19)11-14/h5-7,10-12H,4,8-9H2,1-3H3,(H,21,24)(H,20,22,23). The largest absolute Gasteiger partial charge is 0.354 e. The number of anilines is 1. The maximum absolute atomic E-state index is 12.2. The molecule has 0 aliphatic carbocycles. The monoisotopic (exact) mass is 346 g/mol. The molecule has 24 heavy (non-hydrogen) atoms. The highest BCUT2D eigenvalue weighted by Gasteiger charge is 2.12. The molecule has 2 aromatic rings. The third-order valence-corrected chi connectivity index (χ3v) is 3.90. The maximum Gasteiger partial charge on any atom is 0.270 e. The highest BCUT2D eigenvalue weighted by molar-refractivity contribution is 6.30. The second kappa shape index (κ2) is 8.64. The fraction of sp³-hybridized carbons (Fsp3) is 0.389. The number of nitrogens with one attached hydrogen (secondary N) is 2. The summed E-state index contributed by atoms with van der Waals surface area (Å²) < 4.78 is 0. The molecule has 0 saturated carbocycles. The molecule has 1 amide bonds. The van der Waals surface area contributed by atoms with Gasteiger partial charge >= 0.3 is 0 Å². The number of halogens is 1. The Morgan fingerprint density at radius 3 is 2.79 bits per heavy atom. The maximum atomic E-state index is 12.2. The number of hydrogen-bond donors (Lipinski definition) is 2. The van der Waals surface area contributed by atoms with Crippen molar-refractivity contribution in [3.8, 4) is 0 Å². The van der Waals surface area contributed by atoms with Crippen molar-refractivity contribution in [1.82, 2.24) is 15.3 Å². The Balaban J connectivity index is 1.99. The predicted octanol–water partition coefficient (Wildman–Crippen LogP) is 3.62. The van der Waals surface area contributed by atoms with Crippen molar-refractivity contribution in [2.24, 2.45) is 0 Å². The Labute approximate surface area is 147 Å². The molecular formula is C18H23ClN4O. The van der Waals surface area contributed by atoms with Crippen molar-refractivity contribution in [2.45, 2.75) is 39.7 Å². The van der Waals surface area contributed by atoms with Gasteiger partial charge in [-0.25, -0.2) is 9.97 Å². The summed E-state index contributed by atoms with van der Waals surface area (Å²) >= 11 is 5.98. The fourth-order valence-electron chi connectivity index (χ4n) is 2.17. The van der Waals surface area contributed by atoms with Crippen LogP contribution in [0.25, 0.3) is 0 Å². The van der Waals surface area contributed by atoms with Crippen LogP contribution in [0.5, 0.6) is 0 Å². The van der Waals surface area contributed by atoms with Gasteiger partial charge in [-0.05, 0) is 50.5 Å². The van der Waals surface area contributed by atoms with E-state index in [0.717, 1.165) is 29.1 Å². The zero-order valence-electron chi connectivity index (χ0n) is 14.3. The van der Waals surface area contributed by atoms with Crippen LogP contribution in [0.2, 0.25) is 5.02 Å². The molecule has 5 nitrogen and oxygen atoms in total. The summed E-state index contributed by atoms with van der Waals surface area (Å²) in [4.78, 5) is 20.9. The average molecular weight is 347 g/mol. The van der Waals surface area contributed by atoms with Gasteiger partial charge in [-0.1, -0.05) is 30.7 Å². The first-order valence-electron chi connectivity index (χ1n) is 8.12. The molecule has 2 rings (SSSR count). The number of nitrogens with zero attached hydrogens (tertiary/aromatic N) is 2. The molecule has 1 heterocycles. The van der Waals surface area contributed by atoms with Crippen molar-refractivity contribution >= 4 is 23.5 Å². The van der Waals surface area contributed by atoms with E-state index >= 15 is 0 Å². The molecule has 0 spiro atoms. The second-order valence-corrected chi connectivity index (χ2v) is 6.24.